The van der Waals surface area contributed by atoms with Crippen LogP contribution in [0.1, 0.15) is 18.1 Å². The molecule has 0 aliphatic heterocycles. The molecule has 0 heterocycles. The summed E-state index contributed by atoms with van der Waals surface area (Å²) in [4.78, 5) is 10.8. The standard InChI is InChI=1S/C10H10F2O2/c1-6(14)2-7-3-9(11)10(12)4-8(7)5-13/h3-4,13H,2,5H2,1H3. The van der Waals surface area contributed by atoms with Crippen LogP contribution >= 0.6 is 0 Å². The van der Waals surface area contributed by atoms with Crippen LogP contribution < -0.4 is 0 Å². The Labute approximate surface area is 80.2 Å². The molecule has 0 saturated carbocycles. The summed E-state index contributed by atoms with van der Waals surface area (Å²) in [7, 11) is 0. The average Bonchev–Trinajstić information content (AvgIpc) is 2.10. The monoisotopic (exact) mass is 200 g/mol. The normalized spacial score (nSPS) is 10.3. The van der Waals surface area contributed by atoms with E-state index in [0.717, 1.165) is 12.1 Å². The molecule has 0 saturated heterocycles. The number of halogens is 2. The molecule has 0 unspecified atom stereocenters. The van der Waals surface area contributed by atoms with E-state index in [1.165, 1.54) is 6.92 Å². The zero-order chi connectivity index (χ0) is 10.7. The molecule has 0 amide bonds. The minimum Gasteiger partial charge on any atom is -0.392 e. The molecular formula is C10H10F2O2. The molecule has 14 heavy (non-hydrogen) atoms. The van der Waals surface area contributed by atoms with Crippen LogP contribution in [-0.2, 0) is 17.8 Å². The molecule has 0 aromatic heterocycles. The lowest BCUT2D eigenvalue weighted by Crippen LogP contribution is -2.03. The average molecular weight is 200 g/mol. The molecule has 0 aliphatic rings. The molecule has 1 aromatic rings. The van der Waals surface area contributed by atoms with E-state index in [1.807, 2.05) is 0 Å². The first kappa shape index (κ1) is 10.8. The zero-order valence-electron chi connectivity index (χ0n) is 7.68. The summed E-state index contributed by atoms with van der Waals surface area (Å²) in [6.45, 7) is 0.947. The van der Waals surface area contributed by atoms with Crippen LogP contribution in [0.2, 0.25) is 0 Å². The predicted molar refractivity (Wildman–Crippen MR) is 46.7 cm³/mol. The van der Waals surface area contributed by atoms with E-state index in [-0.39, 0.29) is 17.8 Å². The van der Waals surface area contributed by atoms with Gasteiger partial charge in [-0.1, -0.05) is 0 Å². The second kappa shape index (κ2) is 4.28. The van der Waals surface area contributed by atoms with E-state index in [9.17, 15) is 13.6 Å². The fraction of sp³-hybridized carbons (Fsp3) is 0.300. The third-order valence-corrected chi connectivity index (χ3v) is 1.85. The lowest BCUT2D eigenvalue weighted by Gasteiger charge is -2.06. The summed E-state index contributed by atoms with van der Waals surface area (Å²) < 4.78 is 25.5. The summed E-state index contributed by atoms with van der Waals surface area (Å²) >= 11 is 0. The number of aliphatic hydroxyl groups excluding tert-OH is 1. The van der Waals surface area contributed by atoms with Crippen LogP contribution in [0.4, 0.5) is 8.78 Å². The van der Waals surface area contributed by atoms with Crippen molar-refractivity contribution >= 4 is 5.78 Å². The van der Waals surface area contributed by atoms with Crippen LogP contribution in [0, 0.1) is 11.6 Å². The lowest BCUT2D eigenvalue weighted by atomic mass is 10.0. The highest BCUT2D eigenvalue weighted by atomic mass is 19.2. The SMILES string of the molecule is CC(=O)Cc1cc(F)c(F)cc1CO. The summed E-state index contributed by atoms with van der Waals surface area (Å²) in [6, 6.07) is 1.86. The van der Waals surface area contributed by atoms with Gasteiger partial charge >= 0.3 is 0 Å². The fourth-order valence-electron chi connectivity index (χ4n) is 1.21. The Hall–Kier alpha value is -1.29. The van der Waals surface area contributed by atoms with Crippen molar-refractivity contribution in [3.8, 4) is 0 Å². The van der Waals surface area contributed by atoms with Crippen molar-refractivity contribution in [1.29, 1.82) is 0 Å². The first-order valence-corrected chi connectivity index (χ1v) is 4.11. The van der Waals surface area contributed by atoms with Gasteiger partial charge in [-0.25, -0.2) is 8.78 Å². The molecule has 76 valence electrons. The number of hydrogen-bond donors (Lipinski definition) is 1. The van der Waals surface area contributed by atoms with Gasteiger partial charge in [0.2, 0.25) is 0 Å². The Morgan fingerprint density at radius 1 is 1.29 bits per heavy atom. The number of carbonyl (C=O) groups is 1. The van der Waals surface area contributed by atoms with Gasteiger partial charge in [0.25, 0.3) is 0 Å². The summed E-state index contributed by atoms with van der Waals surface area (Å²) in [5.74, 6) is -2.18. The van der Waals surface area contributed by atoms with Gasteiger partial charge in [-0.2, -0.15) is 0 Å². The molecule has 2 nitrogen and oxygen atoms in total. The maximum atomic E-state index is 12.8. The van der Waals surface area contributed by atoms with E-state index in [4.69, 9.17) is 5.11 Å². The number of aliphatic hydroxyl groups is 1. The summed E-state index contributed by atoms with van der Waals surface area (Å²) in [6.07, 6.45) is 0.00704. The van der Waals surface area contributed by atoms with Crippen LogP contribution in [0.25, 0.3) is 0 Å². The molecule has 0 atom stereocenters. The molecule has 0 bridgehead atoms. The highest BCUT2D eigenvalue weighted by Crippen LogP contribution is 2.16. The van der Waals surface area contributed by atoms with Crippen molar-refractivity contribution in [2.24, 2.45) is 0 Å². The number of carbonyl (C=O) groups excluding carboxylic acids is 1. The fourth-order valence-corrected chi connectivity index (χ4v) is 1.21. The molecule has 1 N–H and O–H groups in total. The maximum Gasteiger partial charge on any atom is 0.159 e. The third kappa shape index (κ3) is 2.35. The van der Waals surface area contributed by atoms with Gasteiger partial charge in [0.05, 0.1) is 6.61 Å². The molecule has 4 heteroatoms. The largest absolute Gasteiger partial charge is 0.392 e. The predicted octanol–water partition coefficient (Wildman–Crippen LogP) is 1.59. The summed E-state index contributed by atoms with van der Waals surface area (Å²) in [5.41, 5.74) is 0.581. The van der Waals surface area contributed by atoms with Crippen molar-refractivity contribution in [2.75, 3.05) is 0 Å². The Morgan fingerprint density at radius 3 is 2.21 bits per heavy atom. The van der Waals surface area contributed by atoms with Gasteiger partial charge in [0.1, 0.15) is 5.78 Å². The number of ketones is 1. The lowest BCUT2D eigenvalue weighted by molar-refractivity contribution is -0.116. The molecule has 1 aromatic carbocycles. The van der Waals surface area contributed by atoms with Crippen LogP contribution in [0.3, 0.4) is 0 Å². The van der Waals surface area contributed by atoms with E-state index >= 15 is 0 Å². The number of hydrogen-bond acceptors (Lipinski definition) is 2. The van der Waals surface area contributed by atoms with Gasteiger partial charge < -0.3 is 5.11 Å². The smallest absolute Gasteiger partial charge is 0.159 e. The van der Waals surface area contributed by atoms with Gasteiger partial charge in [0, 0.05) is 6.42 Å². The quantitative estimate of drug-likeness (QED) is 0.804. The summed E-state index contributed by atoms with van der Waals surface area (Å²) in [5, 5.41) is 8.85. The van der Waals surface area contributed by atoms with Crippen molar-refractivity contribution in [3.63, 3.8) is 0 Å². The Bertz CT molecular complexity index is 361. The van der Waals surface area contributed by atoms with Crippen molar-refractivity contribution in [2.45, 2.75) is 20.0 Å². The molecule has 0 spiro atoms. The van der Waals surface area contributed by atoms with E-state index in [1.54, 1.807) is 0 Å². The second-order valence-corrected chi connectivity index (χ2v) is 3.07. The van der Waals surface area contributed by atoms with Crippen LogP contribution in [-0.4, -0.2) is 10.9 Å². The van der Waals surface area contributed by atoms with E-state index < -0.39 is 18.2 Å². The first-order chi connectivity index (χ1) is 6.54. The molecule has 0 radical (unpaired) electrons. The van der Waals surface area contributed by atoms with Crippen molar-refractivity contribution in [1.82, 2.24) is 0 Å². The van der Waals surface area contributed by atoms with Crippen molar-refractivity contribution < 1.29 is 18.7 Å². The topological polar surface area (TPSA) is 37.3 Å². The molecule has 1 rings (SSSR count). The highest BCUT2D eigenvalue weighted by Gasteiger charge is 2.10. The highest BCUT2D eigenvalue weighted by molar-refractivity contribution is 5.78. The van der Waals surface area contributed by atoms with Crippen LogP contribution in [0.5, 0.6) is 0 Å². The van der Waals surface area contributed by atoms with Gasteiger partial charge in [-0.05, 0) is 30.2 Å². The van der Waals surface area contributed by atoms with Crippen molar-refractivity contribution in [3.05, 3.63) is 34.9 Å². The van der Waals surface area contributed by atoms with Crippen LogP contribution in [0.15, 0.2) is 12.1 Å². The molecule has 0 aliphatic carbocycles. The second-order valence-electron chi connectivity index (χ2n) is 3.07. The Balaban J connectivity index is 3.13. The van der Waals surface area contributed by atoms with E-state index in [0.29, 0.717) is 5.56 Å². The minimum atomic E-state index is -1.01. The zero-order valence-corrected chi connectivity index (χ0v) is 7.68. The van der Waals surface area contributed by atoms with Gasteiger partial charge in [-0.15, -0.1) is 0 Å². The molecular weight excluding hydrogens is 190 g/mol. The number of rotatable bonds is 3. The van der Waals surface area contributed by atoms with E-state index in [2.05, 4.69) is 0 Å². The minimum absolute atomic E-state index is 0.00704. The Kier molecular flexibility index (Phi) is 3.30. The third-order valence-electron chi connectivity index (χ3n) is 1.85. The Morgan fingerprint density at radius 2 is 1.79 bits per heavy atom. The first-order valence-electron chi connectivity index (χ1n) is 4.11. The van der Waals surface area contributed by atoms with Gasteiger partial charge in [0.15, 0.2) is 11.6 Å². The maximum absolute atomic E-state index is 12.8. The van der Waals surface area contributed by atoms with Gasteiger partial charge in [-0.3, -0.25) is 4.79 Å². The number of Topliss-reactive ketones (excluding diaryl/α,β-unsaturated/α-hetero) is 1. The molecule has 0 fully saturated rings. The number of benzene rings is 1.